The number of benzene rings is 3. The van der Waals surface area contributed by atoms with Crippen molar-refractivity contribution in [3.63, 3.8) is 0 Å². The molecule has 1 aliphatic rings. The molecule has 0 bridgehead atoms. The second-order valence-electron chi connectivity index (χ2n) is 13.2. The molecule has 3 aromatic carbocycles. The average Bonchev–Trinajstić information content (AvgIpc) is 3.02. The zero-order chi connectivity index (χ0) is 32.6. The van der Waals surface area contributed by atoms with Crippen LogP contribution in [0.4, 0.5) is 0 Å². The molecule has 5 nitrogen and oxygen atoms in total. The summed E-state index contributed by atoms with van der Waals surface area (Å²) < 4.78 is 38.6. The van der Waals surface area contributed by atoms with Crippen molar-refractivity contribution in [2.75, 3.05) is 19.8 Å². The highest BCUT2D eigenvalue weighted by molar-refractivity contribution is 7.89. The predicted molar refractivity (Wildman–Crippen MR) is 187 cm³/mol. The van der Waals surface area contributed by atoms with Crippen LogP contribution in [0.1, 0.15) is 119 Å². The van der Waals surface area contributed by atoms with Crippen LogP contribution in [0.15, 0.2) is 101 Å². The van der Waals surface area contributed by atoms with E-state index in [1.807, 2.05) is 48.5 Å². The van der Waals surface area contributed by atoms with Crippen molar-refractivity contribution < 1.29 is 13.2 Å². The van der Waals surface area contributed by atoms with E-state index in [9.17, 15) is 8.42 Å². The molecule has 0 heterocycles. The summed E-state index contributed by atoms with van der Waals surface area (Å²) in [6, 6.07) is 23.3. The third-order valence-electron chi connectivity index (χ3n) is 8.60. The van der Waals surface area contributed by atoms with Gasteiger partial charge in [-0.2, -0.15) is 0 Å². The van der Waals surface area contributed by atoms with Crippen molar-refractivity contribution in [1.82, 2.24) is 10.0 Å². The molecule has 242 valence electrons. The lowest BCUT2D eigenvalue weighted by molar-refractivity contribution is 0.152. The summed E-state index contributed by atoms with van der Waals surface area (Å²) in [7, 11) is -3.94. The number of allylic oxidation sites excluding steroid dienone is 3. The van der Waals surface area contributed by atoms with Crippen LogP contribution >= 0.6 is 0 Å². The fourth-order valence-corrected chi connectivity index (χ4v) is 7.82. The van der Waals surface area contributed by atoms with Crippen LogP contribution in [0.2, 0.25) is 0 Å². The molecule has 0 unspecified atom stereocenters. The van der Waals surface area contributed by atoms with Crippen LogP contribution < -0.4 is 10.0 Å². The minimum absolute atomic E-state index is 0.0434. The summed E-state index contributed by atoms with van der Waals surface area (Å²) in [5.41, 5.74) is 7.51. The lowest BCUT2D eigenvalue weighted by Gasteiger charge is -2.31. The lowest BCUT2D eigenvalue weighted by Crippen LogP contribution is -2.40. The minimum Gasteiger partial charge on any atom is -0.376 e. The predicted octanol–water partition coefficient (Wildman–Crippen LogP) is 9.09. The first-order valence-corrected chi connectivity index (χ1v) is 17.9. The van der Waals surface area contributed by atoms with Gasteiger partial charge in [0.2, 0.25) is 10.0 Å². The molecule has 0 saturated heterocycles. The molecule has 6 heteroatoms. The van der Waals surface area contributed by atoms with Crippen molar-refractivity contribution >= 4 is 10.0 Å². The zero-order valence-corrected chi connectivity index (χ0v) is 29.0. The smallest absolute Gasteiger partial charge is 0.241 e. The van der Waals surface area contributed by atoms with Gasteiger partial charge in [0.1, 0.15) is 0 Å². The van der Waals surface area contributed by atoms with Gasteiger partial charge in [0.15, 0.2) is 0 Å². The van der Waals surface area contributed by atoms with Gasteiger partial charge in [-0.05, 0) is 70.9 Å². The molecule has 2 atom stereocenters. The summed E-state index contributed by atoms with van der Waals surface area (Å²) in [5, 5.41) is 3.67. The van der Waals surface area contributed by atoms with Gasteiger partial charge >= 0.3 is 0 Å². The van der Waals surface area contributed by atoms with Gasteiger partial charge in [-0.25, -0.2) is 13.1 Å². The maximum Gasteiger partial charge on any atom is 0.241 e. The van der Waals surface area contributed by atoms with E-state index >= 15 is 0 Å². The molecule has 4 rings (SSSR count). The Morgan fingerprint density at radius 2 is 1.27 bits per heavy atom. The zero-order valence-electron chi connectivity index (χ0n) is 28.1. The fourth-order valence-electron chi connectivity index (χ4n) is 5.89. The van der Waals surface area contributed by atoms with Gasteiger partial charge in [0, 0.05) is 6.54 Å². The van der Waals surface area contributed by atoms with Crippen LogP contribution in [-0.4, -0.2) is 28.2 Å². The summed E-state index contributed by atoms with van der Waals surface area (Å²) >= 11 is 0. The van der Waals surface area contributed by atoms with E-state index in [1.165, 1.54) is 16.7 Å². The van der Waals surface area contributed by atoms with E-state index in [1.54, 1.807) is 0 Å². The fraction of sp³-hybridized carbons (Fsp3) is 0.436. The Balaban J connectivity index is 1.69. The molecule has 0 amide bonds. The number of sulfonamides is 1. The first kappa shape index (κ1) is 34.8. The number of hydrogen-bond donors (Lipinski definition) is 2. The van der Waals surface area contributed by atoms with Gasteiger partial charge < -0.3 is 10.1 Å². The van der Waals surface area contributed by atoms with Crippen molar-refractivity contribution in [3.05, 3.63) is 124 Å². The topological polar surface area (TPSA) is 67.4 Å². The van der Waals surface area contributed by atoms with Gasteiger partial charge in [0.25, 0.3) is 0 Å². The SMILES string of the molecule is CC1=CCC(COCCN[C@H](c2ccccc2)[C@@H](NS(=O)(=O)c2c(C(C)C)cc(C(C)C)cc2C(C)C)c2ccccc2)=CC1. The number of rotatable bonds is 15. The molecule has 0 spiro atoms. The Hall–Kier alpha value is -3.03. The Morgan fingerprint density at radius 3 is 1.76 bits per heavy atom. The Bertz CT molecular complexity index is 1530. The number of hydrogen-bond acceptors (Lipinski definition) is 4. The van der Waals surface area contributed by atoms with Crippen molar-refractivity contribution in [1.29, 1.82) is 0 Å². The van der Waals surface area contributed by atoms with Crippen LogP contribution in [0.25, 0.3) is 0 Å². The minimum atomic E-state index is -3.94. The third-order valence-corrected chi connectivity index (χ3v) is 10.2. The number of ether oxygens (including phenoxy) is 1. The molecular formula is C39H52N2O3S. The van der Waals surface area contributed by atoms with Gasteiger partial charge in [-0.3, -0.25) is 0 Å². The lowest BCUT2D eigenvalue weighted by atomic mass is 9.89. The van der Waals surface area contributed by atoms with Crippen LogP contribution in [0.3, 0.4) is 0 Å². The van der Waals surface area contributed by atoms with Crippen LogP contribution in [-0.2, 0) is 14.8 Å². The van der Waals surface area contributed by atoms with Crippen LogP contribution in [0, 0.1) is 0 Å². The summed E-state index contributed by atoms with van der Waals surface area (Å²) in [6.07, 6.45) is 6.47. The Labute approximate surface area is 272 Å². The molecule has 0 radical (unpaired) electrons. The maximum atomic E-state index is 14.7. The number of nitrogens with one attached hydrogen (secondary N) is 2. The van der Waals surface area contributed by atoms with E-state index in [-0.39, 0.29) is 17.9 Å². The average molecular weight is 629 g/mol. The summed E-state index contributed by atoms with van der Waals surface area (Å²) in [4.78, 5) is 0.415. The Morgan fingerprint density at radius 1 is 0.711 bits per heavy atom. The molecule has 0 aliphatic heterocycles. The van der Waals surface area contributed by atoms with Crippen molar-refractivity contribution in [2.24, 2.45) is 0 Å². The highest BCUT2D eigenvalue weighted by Gasteiger charge is 2.33. The monoisotopic (exact) mass is 628 g/mol. The highest BCUT2D eigenvalue weighted by atomic mass is 32.2. The molecule has 0 aromatic heterocycles. The van der Waals surface area contributed by atoms with Gasteiger partial charge in [0.05, 0.1) is 30.2 Å². The molecule has 2 N–H and O–H groups in total. The molecular weight excluding hydrogens is 577 g/mol. The summed E-state index contributed by atoms with van der Waals surface area (Å²) in [6.45, 7) is 16.5. The van der Waals surface area contributed by atoms with Crippen LogP contribution in [0.5, 0.6) is 0 Å². The summed E-state index contributed by atoms with van der Waals surface area (Å²) in [5.74, 6) is 0.384. The second kappa shape index (κ2) is 16.0. The quantitative estimate of drug-likeness (QED) is 0.130. The molecule has 0 fully saturated rings. The van der Waals surface area contributed by atoms with E-state index in [0.29, 0.717) is 30.6 Å². The maximum absolute atomic E-state index is 14.7. The molecule has 3 aromatic rings. The van der Waals surface area contributed by atoms with E-state index in [0.717, 1.165) is 35.1 Å². The standard InChI is InChI=1S/C39H52N2O3S/c1-27(2)34-24-35(28(3)4)39(36(25-34)29(5)6)45(42,43)41-38(33-16-12-9-13-17-33)37(32-14-10-8-11-15-32)40-22-23-44-26-31-20-18-30(7)19-21-31/h8-18,21,24-25,27-29,37-38,40-41H,19-20,22-23,26H2,1-7H3/t37-,38+/m1/s1. The van der Waals surface area contributed by atoms with Crippen molar-refractivity contribution in [3.8, 4) is 0 Å². The van der Waals surface area contributed by atoms with Gasteiger partial charge in [-0.15, -0.1) is 0 Å². The normalized spacial score (nSPS) is 15.3. The van der Waals surface area contributed by atoms with E-state index in [2.05, 4.69) is 94.9 Å². The van der Waals surface area contributed by atoms with Gasteiger partial charge in [-0.1, -0.05) is 132 Å². The van der Waals surface area contributed by atoms with Crippen molar-refractivity contribution in [2.45, 2.75) is 96.0 Å². The first-order chi connectivity index (χ1) is 21.5. The Kier molecular flexibility index (Phi) is 12.4. The van der Waals surface area contributed by atoms with E-state index in [4.69, 9.17) is 4.74 Å². The molecule has 1 aliphatic carbocycles. The first-order valence-electron chi connectivity index (χ1n) is 16.4. The van der Waals surface area contributed by atoms with E-state index < -0.39 is 16.1 Å². The second-order valence-corrected chi connectivity index (χ2v) is 14.9. The molecule has 45 heavy (non-hydrogen) atoms. The third kappa shape index (κ3) is 9.26. The largest absolute Gasteiger partial charge is 0.376 e. The highest BCUT2D eigenvalue weighted by Crippen LogP contribution is 2.37. The molecule has 0 saturated carbocycles.